The summed E-state index contributed by atoms with van der Waals surface area (Å²) >= 11 is 0. The number of ether oxygens (including phenoxy) is 1. The molecule has 2 saturated carbocycles. The minimum Gasteiger partial charge on any atom is -0.377 e. The number of likely N-dealkylation sites (N-methyl/N-ethyl adjacent to an activating group) is 6. The Morgan fingerprint density at radius 2 is 1.27 bits per heavy atom. The van der Waals surface area contributed by atoms with E-state index in [9.17, 15) is 63.9 Å². The zero-order valence-corrected chi connectivity index (χ0v) is 63.3. The third-order valence-electron chi connectivity index (χ3n) is 22.4. The lowest BCUT2D eigenvalue weighted by molar-refractivity contribution is -0.158. The van der Waals surface area contributed by atoms with Gasteiger partial charge in [0.2, 0.25) is 77.3 Å². The summed E-state index contributed by atoms with van der Waals surface area (Å²) in [5.41, 5.74) is -5.40. The highest BCUT2D eigenvalue weighted by Gasteiger charge is 2.54. The molecule has 25 nitrogen and oxygen atoms in total. The fourth-order valence-corrected chi connectivity index (χ4v) is 15.6. The Labute approximate surface area is 632 Å². The van der Waals surface area contributed by atoms with Crippen molar-refractivity contribution >= 4 is 70.9 Å². The zero-order valence-electron chi connectivity index (χ0n) is 63.3. The molecule has 2 aliphatic carbocycles. The second kappa shape index (κ2) is 36.9. The van der Waals surface area contributed by atoms with Crippen LogP contribution in [-0.2, 0) is 87.5 Å². The van der Waals surface area contributed by atoms with Gasteiger partial charge in [0.1, 0.15) is 71.1 Å². The highest BCUT2D eigenvalue weighted by atomic mass is 19.4. The molecular formula is C75H100F10N12O13. The number of hydrogen-bond donors (Lipinski definition) is 3. The maximum atomic E-state index is 15.6. The van der Waals surface area contributed by atoms with Crippen LogP contribution < -0.4 is 16.0 Å². The summed E-state index contributed by atoms with van der Waals surface area (Å²) in [6.45, 7) is 2.83. The van der Waals surface area contributed by atoms with Crippen LogP contribution in [0.5, 0.6) is 0 Å². The van der Waals surface area contributed by atoms with Crippen LogP contribution >= 0.6 is 0 Å². The molecule has 12 amide bonds. The number of nitrogens with one attached hydrogen (secondary N) is 3. The molecule has 0 unspecified atom stereocenters. The topological polar surface area (TPSA) is 279 Å². The van der Waals surface area contributed by atoms with E-state index < -0.39 is 235 Å². The molecule has 3 saturated heterocycles. The lowest BCUT2D eigenvalue weighted by Gasteiger charge is -2.46. The lowest BCUT2D eigenvalue weighted by Crippen LogP contribution is -2.68. The first-order chi connectivity index (χ1) is 51.7. The molecule has 0 radical (unpaired) electrons. The minimum absolute atomic E-state index is 0.0112. The smallest absolute Gasteiger partial charge is 0.377 e. The van der Waals surface area contributed by atoms with E-state index in [0.29, 0.717) is 62.0 Å². The van der Waals surface area contributed by atoms with Crippen molar-refractivity contribution < 1.29 is 106 Å². The monoisotopic (exact) mass is 1570 g/mol. The highest BCUT2D eigenvalue weighted by molar-refractivity contribution is 6.01. The van der Waals surface area contributed by atoms with E-state index in [1.165, 1.54) is 38.0 Å². The average molecular weight is 1570 g/mol. The molecule has 8 rings (SSSR count). The van der Waals surface area contributed by atoms with E-state index in [-0.39, 0.29) is 76.9 Å². The number of likely N-dealkylation sites (tertiary alicyclic amines) is 1. The molecule has 1 spiro atoms. The SMILES string of the molecule is CCO[C@@H]1C[C@H]2C(=O)NC3(CCC3)C(=O)N(C)[C@@H](C3CCCC3)C(=O)N(C)[C@H](C(=O)N3CCCC3)CC(=O)N(C)[C@@H](CC(F)F)C(=O)N[C@@H]([C@@H](C)CC)C(=O)N(C)CC(=O)N(C)[C@H]3C/C=C\CCN(C3=O)[C@@H](Cc3ccc(C(F)(F)F)cc3)C(=O)N(C)CC(=O)N[C@@H](CCc3cc(F)c(C(F)(F)F)c(F)c3)C(=O)N2C1. The van der Waals surface area contributed by atoms with Gasteiger partial charge in [-0.05, 0) is 125 Å². The summed E-state index contributed by atoms with van der Waals surface area (Å²) in [5.74, 6) is -16.8. The molecule has 6 aliphatic rings. The molecular weight excluding hydrogens is 1470 g/mol. The molecule has 3 N–H and O–H groups in total. The molecule has 4 aliphatic heterocycles. The van der Waals surface area contributed by atoms with Crippen molar-refractivity contribution in [1.29, 1.82) is 0 Å². The number of nitrogens with zero attached hydrogens (tertiary/aromatic N) is 9. The Bertz CT molecular complexity index is 3720. The molecule has 5 fully saturated rings. The van der Waals surface area contributed by atoms with Crippen molar-refractivity contribution in [2.75, 3.05) is 88.2 Å². The first-order valence-electron chi connectivity index (χ1n) is 37.4. The van der Waals surface area contributed by atoms with E-state index in [2.05, 4.69) is 16.0 Å². The maximum Gasteiger partial charge on any atom is 0.422 e. The van der Waals surface area contributed by atoms with Gasteiger partial charge < -0.3 is 64.8 Å². The van der Waals surface area contributed by atoms with Crippen molar-refractivity contribution in [3.05, 3.63) is 82.4 Å². The van der Waals surface area contributed by atoms with Crippen molar-refractivity contribution in [2.24, 2.45) is 11.8 Å². The number of hydrogen-bond acceptors (Lipinski definition) is 13. The van der Waals surface area contributed by atoms with E-state index in [4.69, 9.17) is 4.74 Å². The molecule has 2 aromatic rings. The average Bonchev–Trinajstić information content (AvgIpc) is 1.20. The first-order valence-corrected chi connectivity index (χ1v) is 37.4. The van der Waals surface area contributed by atoms with Gasteiger partial charge in [0, 0.05) is 94.3 Å². The number of carbonyl (C=O) groups is 12. The minimum atomic E-state index is -5.47. The molecule has 2 aromatic carbocycles. The quantitative estimate of drug-likeness (QED) is 0.156. The van der Waals surface area contributed by atoms with Gasteiger partial charge in [-0.3, -0.25) is 57.5 Å². The van der Waals surface area contributed by atoms with Crippen LogP contribution in [0.1, 0.15) is 146 Å². The van der Waals surface area contributed by atoms with Crippen molar-refractivity contribution in [3.63, 3.8) is 0 Å². The highest BCUT2D eigenvalue weighted by Crippen LogP contribution is 2.40. The van der Waals surface area contributed by atoms with Gasteiger partial charge in [0.25, 0.3) is 0 Å². The van der Waals surface area contributed by atoms with Gasteiger partial charge in [-0.1, -0.05) is 57.4 Å². The summed E-state index contributed by atoms with van der Waals surface area (Å²) in [5, 5.41) is 7.91. The van der Waals surface area contributed by atoms with Gasteiger partial charge in [-0.15, -0.1) is 0 Å². The lowest BCUT2D eigenvalue weighted by atomic mass is 9.74. The number of halogens is 10. The molecule has 0 aromatic heterocycles. The van der Waals surface area contributed by atoms with Crippen molar-refractivity contribution in [1.82, 2.24) is 60.0 Å². The van der Waals surface area contributed by atoms with Crippen molar-refractivity contribution in [3.8, 4) is 0 Å². The Hall–Kier alpha value is -8.92. The van der Waals surface area contributed by atoms with Crippen LogP contribution in [0, 0.1) is 23.5 Å². The van der Waals surface area contributed by atoms with Gasteiger partial charge in [0.15, 0.2) is 0 Å². The van der Waals surface area contributed by atoms with Gasteiger partial charge in [0.05, 0.1) is 31.2 Å². The Kier molecular flexibility index (Phi) is 29.1. The number of amides is 12. The van der Waals surface area contributed by atoms with E-state index >= 15 is 37.5 Å². The first kappa shape index (κ1) is 86.7. The predicted molar refractivity (Wildman–Crippen MR) is 377 cm³/mol. The van der Waals surface area contributed by atoms with Crippen LogP contribution in [0.2, 0.25) is 0 Å². The van der Waals surface area contributed by atoms with Crippen LogP contribution in [0.25, 0.3) is 0 Å². The van der Waals surface area contributed by atoms with Crippen LogP contribution in [0.3, 0.4) is 0 Å². The fourth-order valence-electron chi connectivity index (χ4n) is 15.6. The maximum absolute atomic E-state index is 15.6. The van der Waals surface area contributed by atoms with Crippen molar-refractivity contribution in [2.45, 2.75) is 215 Å². The summed E-state index contributed by atoms with van der Waals surface area (Å²) in [6.07, 6.45) is -12.0. The summed E-state index contributed by atoms with van der Waals surface area (Å²) < 4.78 is 150. The third kappa shape index (κ3) is 20.4. The number of benzene rings is 2. The fraction of sp³-hybridized carbons (Fsp3) is 0.653. The zero-order chi connectivity index (χ0) is 81.2. The number of rotatable bonds is 13. The van der Waals surface area contributed by atoms with E-state index in [0.717, 1.165) is 67.8 Å². The second-order valence-electron chi connectivity index (χ2n) is 29.8. The third-order valence-corrected chi connectivity index (χ3v) is 22.4. The van der Waals surface area contributed by atoms with Gasteiger partial charge in [-0.25, -0.2) is 17.6 Å². The number of carbonyl (C=O) groups excluding carboxylic acids is 12. The van der Waals surface area contributed by atoms with Gasteiger partial charge in [-0.2, -0.15) is 26.3 Å². The van der Waals surface area contributed by atoms with Gasteiger partial charge >= 0.3 is 12.4 Å². The number of aryl methyl sites for hydroxylation is 1. The van der Waals surface area contributed by atoms with Crippen LogP contribution in [0.4, 0.5) is 43.9 Å². The normalized spacial score (nSPS) is 26.6. The molecule has 35 heteroatoms. The largest absolute Gasteiger partial charge is 0.422 e. The standard InChI is InChI=1S/C75H100F10N12O13/c1-10-43(3)62-70(107)90(5)42-60(100)91(6)52-22-13-12-16-33-96(69(52)106)56(36-44-23-26-47(27-24-44)74(80,81)82)67(104)89(4)41-58(98)86-51(28-25-45-34-49(76)61(50(77)35-45)75(83,84)85)66(103)97-40-48(110-11-2)37-54(97)65(102)88-73(29-19-30-73)72(109)94(9)63(46-20-14-15-21-46)71(108)93(8)55(68(105)95-31-17-18-32-95)39-59(99)92(7)53(38-57(78)79)64(101)87-62/h12-13,23-24,26-27,34-35,43,46,48,51-57,62-63H,10-11,14-22,25,28-33,36-42H2,1-9H3,(H,86,98)(H,87,101)(H,88,102)/b13-12-/t43-,48+,51-,52-,53-,54-,55-,56-,62-,63-/m0/s1. The molecule has 2 bridgehead atoms. The molecule has 608 valence electrons. The summed E-state index contributed by atoms with van der Waals surface area (Å²) in [4.78, 5) is 190. The molecule has 4 heterocycles. The Balaban J connectivity index is 1.23. The van der Waals surface area contributed by atoms with E-state index in [1.54, 1.807) is 32.9 Å². The number of alkyl halides is 8. The number of fused-ring (bicyclic) bond motifs is 3. The predicted octanol–water partition coefficient (Wildman–Crippen LogP) is 5.88. The Morgan fingerprint density at radius 1 is 0.645 bits per heavy atom. The van der Waals surface area contributed by atoms with Crippen LogP contribution in [0.15, 0.2) is 48.6 Å². The molecule has 110 heavy (non-hydrogen) atoms. The molecule has 10 atom stereocenters. The second-order valence-corrected chi connectivity index (χ2v) is 29.8. The summed E-state index contributed by atoms with van der Waals surface area (Å²) in [7, 11) is 7.18. The van der Waals surface area contributed by atoms with E-state index in [1.807, 2.05) is 0 Å². The summed E-state index contributed by atoms with van der Waals surface area (Å²) in [6, 6.07) is -8.84. The van der Waals surface area contributed by atoms with Crippen LogP contribution in [-0.4, -0.2) is 270 Å². The Morgan fingerprint density at radius 3 is 1.85 bits per heavy atom.